The number of nitrogens with zero attached hydrogens (tertiary/aromatic N) is 2. The van der Waals surface area contributed by atoms with Crippen molar-refractivity contribution in [3.8, 4) is 0 Å². The van der Waals surface area contributed by atoms with Gasteiger partial charge in [0.1, 0.15) is 5.60 Å². The summed E-state index contributed by atoms with van der Waals surface area (Å²) in [6.45, 7) is 7.38. The summed E-state index contributed by atoms with van der Waals surface area (Å²) in [4.78, 5) is 27.8. The van der Waals surface area contributed by atoms with E-state index in [-0.39, 0.29) is 18.0 Å². The Bertz CT molecular complexity index is 599. The maximum atomic E-state index is 12.2. The van der Waals surface area contributed by atoms with Crippen LogP contribution in [0.2, 0.25) is 0 Å². The molecular weight excluding hydrogens is 318 g/mol. The van der Waals surface area contributed by atoms with Crippen LogP contribution in [0, 0.1) is 0 Å². The van der Waals surface area contributed by atoms with E-state index in [0.717, 1.165) is 31.6 Å². The van der Waals surface area contributed by atoms with Gasteiger partial charge in [-0.3, -0.25) is 4.79 Å². The van der Waals surface area contributed by atoms with Crippen LogP contribution in [-0.4, -0.2) is 55.7 Å². The molecule has 6 nitrogen and oxygen atoms in total. The molecule has 2 rings (SSSR count). The zero-order valence-corrected chi connectivity index (χ0v) is 15.8. The first-order chi connectivity index (χ1) is 11.7. The van der Waals surface area contributed by atoms with Crippen molar-refractivity contribution < 1.29 is 14.3 Å². The van der Waals surface area contributed by atoms with Crippen molar-refractivity contribution >= 4 is 17.7 Å². The lowest BCUT2D eigenvalue weighted by molar-refractivity contribution is 0.0201. The molecule has 0 saturated carbocycles. The summed E-state index contributed by atoms with van der Waals surface area (Å²) in [6.07, 6.45) is 1.53. The quantitative estimate of drug-likeness (QED) is 0.913. The number of amides is 2. The number of anilines is 1. The fraction of sp³-hybridized carbons (Fsp3) is 0.579. The monoisotopic (exact) mass is 347 g/mol. The molecule has 0 spiro atoms. The third-order valence-electron chi connectivity index (χ3n) is 4.42. The summed E-state index contributed by atoms with van der Waals surface area (Å²) in [5, 5.41) is 2.62. The maximum Gasteiger partial charge on any atom is 0.410 e. The summed E-state index contributed by atoms with van der Waals surface area (Å²) >= 11 is 0. The number of benzene rings is 1. The van der Waals surface area contributed by atoms with Crippen molar-refractivity contribution in [2.75, 3.05) is 32.1 Å². The molecule has 0 bridgehead atoms. The molecule has 25 heavy (non-hydrogen) atoms. The van der Waals surface area contributed by atoms with Crippen LogP contribution in [0.3, 0.4) is 0 Å². The third-order valence-corrected chi connectivity index (χ3v) is 4.42. The van der Waals surface area contributed by atoms with Gasteiger partial charge in [0, 0.05) is 44.5 Å². The number of carbonyl (C=O) groups excluding carboxylic acids is 2. The highest BCUT2D eigenvalue weighted by Crippen LogP contribution is 2.23. The number of piperidine rings is 1. The number of rotatable bonds is 3. The van der Waals surface area contributed by atoms with E-state index in [1.54, 1.807) is 11.9 Å². The molecule has 0 unspecified atom stereocenters. The summed E-state index contributed by atoms with van der Waals surface area (Å²) in [6, 6.07) is 7.82. The second-order valence-electron chi connectivity index (χ2n) is 7.44. The zero-order chi connectivity index (χ0) is 18.6. The minimum atomic E-state index is -0.474. The Balaban J connectivity index is 1.91. The lowest BCUT2D eigenvalue weighted by Gasteiger charge is -2.38. The van der Waals surface area contributed by atoms with Gasteiger partial charge in [-0.25, -0.2) is 4.79 Å². The van der Waals surface area contributed by atoms with Crippen molar-refractivity contribution in [3.05, 3.63) is 29.8 Å². The second-order valence-corrected chi connectivity index (χ2v) is 7.44. The van der Waals surface area contributed by atoms with E-state index in [9.17, 15) is 9.59 Å². The van der Waals surface area contributed by atoms with Gasteiger partial charge in [-0.2, -0.15) is 0 Å². The minimum absolute atomic E-state index is 0.0794. The number of carbonyl (C=O) groups is 2. The Morgan fingerprint density at radius 2 is 1.72 bits per heavy atom. The molecular formula is C19H29N3O3. The van der Waals surface area contributed by atoms with Crippen LogP contribution in [-0.2, 0) is 4.74 Å². The molecule has 6 heteroatoms. The first-order valence-electron chi connectivity index (χ1n) is 8.74. The molecule has 1 aromatic rings. The van der Waals surface area contributed by atoms with Crippen LogP contribution in [0.5, 0.6) is 0 Å². The van der Waals surface area contributed by atoms with E-state index < -0.39 is 5.60 Å². The molecule has 1 aliphatic rings. The largest absolute Gasteiger partial charge is 0.444 e. The van der Waals surface area contributed by atoms with Crippen molar-refractivity contribution in [3.63, 3.8) is 0 Å². The smallest absolute Gasteiger partial charge is 0.410 e. The lowest BCUT2D eigenvalue weighted by Crippen LogP contribution is -2.47. The van der Waals surface area contributed by atoms with E-state index in [2.05, 4.69) is 10.2 Å². The van der Waals surface area contributed by atoms with Gasteiger partial charge in [-0.05, 0) is 57.9 Å². The number of nitrogens with one attached hydrogen (secondary N) is 1. The van der Waals surface area contributed by atoms with Gasteiger partial charge in [-0.15, -0.1) is 0 Å². The summed E-state index contributed by atoms with van der Waals surface area (Å²) in [5.41, 5.74) is 1.29. The molecule has 0 aromatic heterocycles. The highest BCUT2D eigenvalue weighted by atomic mass is 16.6. The number of hydrogen-bond acceptors (Lipinski definition) is 4. The topological polar surface area (TPSA) is 61.9 Å². The summed E-state index contributed by atoms with van der Waals surface area (Å²) in [7, 11) is 3.44. The van der Waals surface area contributed by atoms with E-state index in [1.807, 2.05) is 52.1 Å². The van der Waals surface area contributed by atoms with Crippen molar-refractivity contribution in [1.82, 2.24) is 10.2 Å². The highest BCUT2D eigenvalue weighted by molar-refractivity contribution is 5.94. The molecule has 1 saturated heterocycles. The van der Waals surface area contributed by atoms with Crippen LogP contribution in [0.4, 0.5) is 10.5 Å². The van der Waals surface area contributed by atoms with Crippen LogP contribution in [0.1, 0.15) is 44.0 Å². The molecule has 1 fully saturated rings. The molecule has 1 N–H and O–H groups in total. The Kier molecular flexibility index (Phi) is 5.93. The zero-order valence-electron chi connectivity index (χ0n) is 15.8. The van der Waals surface area contributed by atoms with Gasteiger partial charge in [0.05, 0.1) is 0 Å². The van der Waals surface area contributed by atoms with Crippen LogP contribution in [0.15, 0.2) is 24.3 Å². The predicted molar refractivity (Wildman–Crippen MR) is 99.1 cm³/mol. The Labute approximate surface area is 150 Å². The minimum Gasteiger partial charge on any atom is -0.444 e. The maximum absolute atomic E-state index is 12.2. The molecule has 0 radical (unpaired) electrons. The van der Waals surface area contributed by atoms with Gasteiger partial charge in [0.2, 0.25) is 0 Å². The van der Waals surface area contributed by atoms with E-state index in [1.165, 1.54) is 0 Å². The molecule has 138 valence electrons. The summed E-state index contributed by atoms with van der Waals surface area (Å²) < 4.78 is 5.45. The van der Waals surface area contributed by atoms with Gasteiger partial charge in [0.15, 0.2) is 0 Å². The average molecular weight is 347 g/mol. The third kappa shape index (κ3) is 5.11. The Morgan fingerprint density at radius 3 is 2.20 bits per heavy atom. The van der Waals surface area contributed by atoms with Crippen molar-refractivity contribution in [1.29, 1.82) is 0 Å². The van der Waals surface area contributed by atoms with Gasteiger partial charge in [0.25, 0.3) is 5.91 Å². The number of hydrogen-bond donors (Lipinski definition) is 1. The van der Waals surface area contributed by atoms with Crippen molar-refractivity contribution in [2.45, 2.75) is 45.3 Å². The normalized spacial score (nSPS) is 15.6. The van der Waals surface area contributed by atoms with Crippen LogP contribution in [0.25, 0.3) is 0 Å². The molecule has 1 aromatic carbocycles. The predicted octanol–water partition coefficient (Wildman–Crippen LogP) is 2.88. The molecule has 0 atom stereocenters. The molecule has 0 aliphatic carbocycles. The standard InChI is InChI=1S/C19H29N3O3/c1-19(2,3)25-18(24)21(5)15-10-12-22(13-11-15)16-8-6-14(7-9-16)17(23)20-4/h6-9,15H,10-13H2,1-5H3,(H,20,23). The van der Waals surface area contributed by atoms with Crippen molar-refractivity contribution in [2.24, 2.45) is 0 Å². The van der Waals surface area contributed by atoms with E-state index >= 15 is 0 Å². The molecule has 1 aliphatic heterocycles. The SMILES string of the molecule is CNC(=O)c1ccc(N2CCC(N(C)C(=O)OC(C)(C)C)CC2)cc1. The first kappa shape index (κ1) is 19.1. The number of ether oxygens (including phenoxy) is 1. The fourth-order valence-electron chi connectivity index (χ4n) is 2.96. The highest BCUT2D eigenvalue weighted by Gasteiger charge is 2.28. The first-order valence-corrected chi connectivity index (χ1v) is 8.74. The Hall–Kier alpha value is -2.24. The van der Waals surface area contributed by atoms with E-state index in [4.69, 9.17) is 4.74 Å². The summed E-state index contributed by atoms with van der Waals surface area (Å²) in [5.74, 6) is -0.0794. The van der Waals surface area contributed by atoms with Gasteiger partial charge < -0.3 is 19.9 Å². The fourth-order valence-corrected chi connectivity index (χ4v) is 2.96. The average Bonchev–Trinajstić information content (AvgIpc) is 2.59. The second kappa shape index (κ2) is 7.76. The molecule has 1 heterocycles. The molecule has 2 amide bonds. The lowest BCUT2D eigenvalue weighted by atomic mass is 10.0. The van der Waals surface area contributed by atoms with Gasteiger partial charge in [-0.1, -0.05) is 0 Å². The Morgan fingerprint density at radius 1 is 1.16 bits per heavy atom. The van der Waals surface area contributed by atoms with Crippen LogP contribution < -0.4 is 10.2 Å². The van der Waals surface area contributed by atoms with Gasteiger partial charge >= 0.3 is 6.09 Å². The van der Waals surface area contributed by atoms with E-state index in [0.29, 0.717) is 5.56 Å². The van der Waals surface area contributed by atoms with Crippen LogP contribution >= 0.6 is 0 Å².